The fourth-order valence-electron chi connectivity index (χ4n) is 2.93. The van der Waals surface area contributed by atoms with Crippen molar-refractivity contribution in [1.29, 1.82) is 0 Å². The van der Waals surface area contributed by atoms with Crippen LogP contribution in [0.3, 0.4) is 0 Å². The Bertz CT molecular complexity index is 779. The second-order valence-corrected chi connectivity index (χ2v) is 6.96. The molecular formula is C19H24ClN3O5. The molecule has 0 radical (unpaired) electrons. The third-order valence-electron chi connectivity index (χ3n) is 4.83. The fourth-order valence-corrected chi connectivity index (χ4v) is 3.14. The van der Waals surface area contributed by atoms with Gasteiger partial charge in [-0.05, 0) is 31.4 Å². The molecule has 4 amide bonds. The first-order chi connectivity index (χ1) is 13.2. The van der Waals surface area contributed by atoms with Gasteiger partial charge in [-0.2, -0.15) is 0 Å². The molecule has 9 heteroatoms. The van der Waals surface area contributed by atoms with E-state index in [1.165, 1.54) is 6.92 Å². The van der Waals surface area contributed by atoms with Gasteiger partial charge < -0.3 is 15.4 Å². The van der Waals surface area contributed by atoms with Crippen molar-refractivity contribution in [1.82, 2.24) is 15.5 Å². The molecule has 0 bridgehead atoms. The van der Waals surface area contributed by atoms with E-state index in [9.17, 15) is 19.2 Å². The van der Waals surface area contributed by atoms with Crippen LogP contribution >= 0.6 is 11.6 Å². The van der Waals surface area contributed by atoms with E-state index >= 15 is 0 Å². The van der Waals surface area contributed by atoms with Gasteiger partial charge >= 0.3 is 12.0 Å². The van der Waals surface area contributed by atoms with Gasteiger partial charge in [0, 0.05) is 11.6 Å². The summed E-state index contributed by atoms with van der Waals surface area (Å²) in [4.78, 5) is 49.6. The highest BCUT2D eigenvalue weighted by molar-refractivity contribution is 6.31. The molecule has 1 atom stereocenters. The maximum absolute atomic E-state index is 12.5. The number of hydrogen-bond acceptors (Lipinski definition) is 5. The molecule has 0 unspecified atom stereocenters. The molecule has 0 aromatic heterocycles. The first kappa shape index (κ1) is 21.7. The quantitative estimate of drug-likeness (QED) is 0.504. The number of urea groups is 1. The van der Waals surface area contributed by atoms with E-state index in [0.29, 0.717) is 17.9 Å². The minimum Gasteiger partial charge on any atom is -0.451 e. The molecule has 1 heterocycles. The molecule has 2 rings (SSSR count). The van der Waals surface area contributed by atoms with Crippen molar-refractivity contribution in [2.24, 2.45) is 0 Å². The largest absolute Gasteiger partial charge is 0.451 e. The van der Waals surface area contributed by atoms with Crippen LogP contribution in [-0.4, -0.2) is 46.9 Å². The van der Waals surface area contributed by atoms with E-state index in [-0.39, 0.29) is 6.54 Å². The van der Waals surface area contributed by atoms with Crippen LogP contribution in [0.5, 0.6) is 0 Å². The first-order valence-electron chi connectivity index (χ1n) is 9.08. The van der Waals surface area contributed by atoms with Crippen molar-refractivity contribution in [3.05, 3.63) is 34.9 Å². The maximum Gasteiger partial charge on any atom is 0.327 e. The number of imide groups is 1. The van der Waals surface area contributed by atoms with Gasteiger partial charge in [0.25, 0.3) is 11.8 Å². The number of carbonyl (C=O) groups excluding carboxylic acids is 4. The van der Waals surface area contributed by atoms with Crippen LogP contribution in [0.15, 0.2) is 24.3 Å². The lowest BCUT2D eigenvalue weighted by Gasteiger charge is -2.23. The highest BCUT2D eigenvalue weighted by atomic mass is 35.5. The summed E-state index contributed by atoms with van der Waals surface area (Å²) in [6, 6.07) is 6.41. The molecule has 0 aliphatic carbocycles. The second kappa shape index (κ2) is 9.05. The average Bonchev–Trinajstić information content (AvgIpc) is 2.91. The van der Waals surface area contributed by atoms with Crippen molar-refractivity contribution in [2.45, 2.75) is 51.8 Å². The van der Waals surface area contributed by atoms with Crippen molar-refractivity contribution < 1.29 is 23.9 Å². The molecule has 1 fully saturated rings. The predicted octanol–water partition coefficient (Wildman–Crippen LogP) is 2.00. The zero-order valence-electron chi connectivity index (χ0n) is 16.1. The zero-order chi connectivity index (χ0) is 20.9. The van der Waals surface area contributed by atoms with Gasteiger partial charge in [0.2, 0.25) is 0 Å². The van der Waals surface area contributed by atoms with Gasteiger partial charge in [-0.1, -0.05) is 43.6 Å². The molecule has 0 saturated carbocycles. The Labute approximate surface area is 168 Å². The van der Waals surface area contributed by atoms with Gasteiger partial charge in [-0.3, -0.25) is 19.3 Å². The highest BCUT2D eigenvalue weighted by Gasteiger charge is 2.49. The Kier molecular flexibility index (Phi) is 7.01. The SMILES string of the molecule is CCC1(CC)NC(=O)N(CC(=O)O[C@H](C)C(=O)NCc2ccccc2Cl)C1=O. The molecule has 1 aliphatic heterocycles. The molecule has 2 N–H and O–H groups in total. The van der Waals surface area contributed by atoms with Gasteiger partial charge in [-0.25, -0.2) is 4.79 Å². The Morgan fingerprint density at radius 1 is 1.25 bits per heavy atom. The lowest BCUT2D eigenvalue weighted by molar-refractivity contribution is -0.156. The van der Waals surface area contributed by atoms with E-state index in [1.54, 1.807) is 38.1 Å². The predicted molar refractivity (Wildman–Crippen MR) is 102 cm³/mol. The molecular weight excluding hydrogens is 386 g/mol. The number of benzene rings is 1. The summed E-state index contributed by atoms with van der Waals surface area (Å²) in [6.45, 7) is 4.62. The number of esters is 1. The average molecular weight is 410 g/mol. The summed E-state index contributed by atoms with van der Waals surface area (Å²) in [5.74, 6) is -1.82. The molecule has 152 valence electrons. The van der Waals surface area contributed by atoms with Gasteiger partial charge in [0.1, 0.15) is 12.1 Å². The Balaban J connectivity index is 1.88. The normalized spacial score (nSPS) is 16.5. The van der Waals surface area contributed by atoms with E-state index in [2.05, 4.69) is 10.6 Å². The molecule has 1 aliphatic rings. The zero-order valence-corrected chi connectivity index (χ0v) is 16.8. The van der Waals surface area contributed by atoms with E-state index in [0.717, 1.165) is 10.5 Å². The molecule has 28 heavy (non-hydrogen) atoms. The van der Waals surface area contributed by atoms with Crippen LogP contribution in [0.1, 0.15) is 39.2 Å². The molecule has 0 spiro atoms. The van der Waals surface area contributed by atoms with Crippen LogP contribution in [-0.2, 0) is 25.7 Å². The van der Waals surface area contributed by atoms with Crippen LogP contribution in [0, 0.1) is 0 Å². The third-order valence-corrected chi connectivity index (χ3v) is 5.20. The minimum atomic E-state index is -1.09. The van der Waals surface area contributed by atoms with Crippen LogP contribution in [0.4, 0.5) is 4.79 Å². The standard InChI is InChI=1S/C19H24ClN3O5/c1-4-19(5-2)17(26)23(18(27)22-19)11-15(24)28-12(3)16(25)21-10-13-8-6-7-9-14(13)20/h6-9,12H,4-5,10-11H2,1-3H3,(H,21,25)(H,22,27)/t12-/m1/s1. The molecule has 1 aromatic rings. The number of carbonyl (C=O) groups is 4. The monoisotopic (exact) mass is 409 g/mol. The lowest BCUT2D eigenvalue weighted by atomic mass is 9.93. The number of ether oxygens (including phenoxy) is 1. The van der Waals surface area contributed by atoms with Crippen molar-refractivity contribution in [3.63, 3.8) is 0 Å². The first-order valence-corrected chi connectivity index (χ1v) is 9.46. The maximum atomic E-state index is 12.5. The number of halogens is 1. The summed E-state index contributed by atoms with van der Waals surface area (Å²) in [5.41, 5.74) is -0.263. The van der Waals surface area contributed by atoms with Crippen LogP contribution < -0.4 is 10.6 Å². The van der Waals surface area contributed by atoms with Crippen molar-refractivity contribution in [2.75, 3.05) is 6.54 Å². The number of rotatable bonds is 8. The van der Waals surface area contributed by atoms with Gasteiger partial charge in [0.15, 0.2) is 6.10 Å². The number of nitrogens with zero attached hydrogens (tertiary/aromatic N) is 1. The Hall–Kier alpha value is -2.61. The summed E-state index contributed by atoms with van der Waals surface area (Å²) in [6.07, 6.45) is -0.251. The molecule has 1 saturated heterocycles. The summed E-state index contributed by atoms with van der Waals surface area (Å²) >= 11 is 6.03. The summed E-state index contributed by atoms with van der Waals surface area (Å²) in [5, 5.41) is 5.77. The lowest BCUT2D eigenvalue weighted by Crippen LogP contribution is -2.46. The number of hydrogen-bond donors (Lipinski definition) is 2. The molecule has 8 nitrogen and oxygen atoms in total. The van der Waals surface area contributed by atoms with Crippen LogP contribution in [0.2, 0.25) is 5.02 Å². The number of amides is 4. The topological polar surface area (TPSA) is 105 Å². The van der Waals surface area contributed by atoms with E-state index in [1.807, 2.05) is 0 Å². The smallest absolute Gasteiger partial charge is 0.327 e. The summed E-state index contributed by atoms with van der Waals surface area (Å²) in [7, 11) is 0. The van der Waals surface area contributed by atoms with Crippen molar-refractivity contribution in [3.8, 4) is 0 Å². The minimum absolute atomic E-state index is 0.183. The summed E-state index contributed by atoms with van der Waals surface area (Å²) < 4.78 is 5.07. The van der Waals surface area contributed by atoms with E-state index in [4.69, 9.17) is 16.3 Å². The van der Waals surface area contributed by atoms with Gasteiger partial charge in [-0.15, -0.1) is 0 Å². The second-order valence-electron chi connectivity index (χ2n) is 6.55. The number of nitrogens with one attached hydrogen (secondary N) is 2. The molecule has 1 aromatic carbocycles. The highest BCUT2D eigenvalue weighted by Crippen LogP contribution is 2.24. The Morgan fingerprint density at radius 3 is 2.46 bits per heavy atom. The third kappa shape index (κ3) is 4.62. The van der Waals surface area contributed by atoms with Crippen molar-refractivity contribution >= 4 is 35.4 Å². The fraction of sp³-hybridized carbons (Fsp3) is 0.474. The van der Waals surface area contributed by atoms with Gasteiger partial charge in [0.05, 0.1) is 0 Å². The van der Waals surface area contributed by atoms with E-state index < -0.39 is 42.0 Å². The van der Waals surface area contributed by atoms with Crippen LogP contribution in [0.25, 0.3) is 0 Å². The Morgan fingerprint density at radius 2 is 1.89 bits per heavy atom.